The number of hydrogen-bond donors (Lipinski definition) is 0. The molecule has 0 radical (unpaired) electrons. The van der Waals surface area contributed by atoms with Crippen LogP contribution in [0.2, 0.25) is 0 Å². The molecule has 2 aromatic heterocycles. The SMILES string of the molecule is Cc1cc(C)n(CC(=O)N2CCCC2CCc2noc(-c3ccccc3)n2)c(=O)n1. The highest BCUT2D eigenvalue weighted by atomic mass is 16.5. The second kappa shape index (κ2) is 8.61. The first-order valence-corrected chi connectivity index (χ1v) is 10.2. The van der Waals surface area contributed by atoms with E-state index in [1.54, 1.807) is 6.92 Å². The topological polar surface area (TPSA) is 94.1 Å². The average molecular weight is 407 g/mol. The Morgan fingerprint density at radius 3 is 2.77 bits per heavy atom. The molecule has 3 aromatic rings. The number of hydrogen-bond acceptors (Lipinski definition) is 6. The van der Waals surface area contributed by atoms with Gasteiger partial charge in [0.25, 0.3) is 5.89 Å². The molecule has 0 saturated carbocycles. The van der Waals surface area contributed by atoms with Crippen LogP contribution in [0.3, 0.4) is 0 Å². The average Bonchev–Trinajstić information content (AvgIpc) is 3.39. The van der Waals surface area contributed by atoms with E-state index in [-0.39, 0.29) is 24.2 Å². The lowest BCUT2D eigenvalue weighted by Crippen LogP contribution is -2.40. The minimum atomic E-state index is -0.378. The van der Waals surface area contributed by atoms with Gasteiger partial charge in [-0.05, 0) is 51.3 Å². The van der Waals surface area contributed by atoms with E-state index in [4.69, 9.17) is 4.52 Å². The minimum Gasteiger partial charge on any atom is -0.338 e. The molecule has 156 valence electrons. The lowest BCUT2D eigenvalue weighted by Gasteiger charge is -2.25. The van der Waals surface area contributed by atoms with Crippen LogP contribution in [0.15, 0.2) is 45.7 Å². The Morgan fingerprint density at radius 1 is 1.20 bits per heavy atom. The molecule has 1 amide bonds. The fourth-order valence-corrected chi connectivity index (χ4v) is 4.01. The summed E-state index contributed by atoms with van der Waals surface area (Å²) in [6.07, 6.45) is 3.29. The monoisotopic (exact) mass is 407 g/mol. The highest BCUT2D eigenvalue weighted by Crippen LogP contribution is 2.23. The Balaban J connectivity index is 1.39. The fourth-order valence-electron chi connectivity index (χ4n) is 4.01. The van der Waals surface area contributed by atoms with Crippen molar-refractivity contribution in [3.63, 3.8) is 0 Å². The van der Waals surface area contributed by atoms with E-state index in [2.05, 4.69) is 15.1 Å². The zero-order chi connectivity index (χ0) is 21.1. The van der Waals surface area contributed by atoms with Gasteiger partial charge in [-0.15, -0.1) is 0 Å². The predicted octanol–water partition coefficient (Wildman–Crippen LogP) is 2.53. The van der Waals surface area contributed by atoms with Crippen LogP contribution in [0.5, 0.6) is 0 Å². The van der Waals surface area contributed by atoms with E-state index in [1.807, 2.05) is 48.2 Å². The number of carbonyl (C=O) groups is 1. The largest absolute Gasteiger partial charge is 0.348 e. The van der Waals surface area contributed by atoms with Gasteiger partial charge >= 0.3 is 5.69 Å². The lowest BCUT2D eigenvalue weighted by atomic mass is 10.1. The molecular weight excluding hydrogens is 382 g/mol. The van der Waals surface area contributed by atoms with E-state index in [9.17, 15) is 9.59 Å². The van der Waals surface area contributed by atoms with Crippen molar-refractivity contribution in [2.75, 3.05) is 6.54 Å². The number of carbonyl (C=O) groups excluding carboxylic acids is 1. The Bertz CT molecular complexity index is 1090. The van der Waals surface area contributed by atoms with Gasteiger partial charge in [-0.3, -0.25) is 9.36 Å². The van der Waals surface area contributed by atoms with Gasteiger partial charge in [0.05, 0.1) is 0 Å². The van der Waals surface area contributed by atoms with Gasteiger partial charge in [0.15, 0.2) is 5.82 Å². The molecular formula is C22H25N5O3. The van der Waals surface area contributed by atoms with Gasteiger partial charge in [-0.2, -0.15) is 9.97 Å². The van der Waals surface area contributed by atoms with E-state index in [0.717, 1.165) is 30.5 Å². The molecule has 3 heterocycles. The maximum Gasteiger partial charge on any atom is 0.348 e. The van der Waals surface area contributed by atoms with Crippen molar-refractivity contribution >= 4 is 5.91 Å². The molecule has 1 atom stereocenters. The zero-order valence-corrected chi connectivity index (χ0v) is 17.2. The second-order valence-corrected chi connectivity index (χ2v) is 7.71. The van der Waals surface area contributed by atoms with Gasteiger partial charge in [0.2, 0.25) is 5.91 Å². The maximum absolute atomic E-state index is 12.9. The minimum absolute atomic E-state index is 0.0226. The number of nitrogens with zero attached hydrogens (tertiary/aromatic N) is 5. The first-order chi connectivity index (χ1) is 14.5. The summed E-state index contributed by atoms with van der Waals surface area (Å²) in [5.74, 6) is 1.10. The normalized spacial score (nSPS) is 16.2. The first kappa shape index (κ1) is 20.0. The molecule has 30 heavy (non-hydrogen) atoms. The summed E-state index contributed by atoms with van der Waals surface area (Å²) in [5, 5.41) is 4.08. The Hall–Kier alpha value is -3.29. The van der Waals surface area contributed by atoms with E-state index in [0.29, 0.717) is 30.4 Å². The van der Waals surface area contributed by atoms with E-state index < -0.39 is 0 Å². The number of aryl methyl sites for hydroxylation is 3. The first-order valence-electron chi connectivity index (χ1n) is 10.2. The summed E-state index contributed by atoms with van der Waals surface area (Å²) < 4.78 is 6.81. The Kier molecular flexibility index (Phi) is 5.74. The van der Waals surface area contributed by atoms with E-state index >= 15 is 0 Å². The summed E-state index contributed by atoms with van der Waals surface area (Å²) in [5.41, 5.74) is 1.92. The van der Waals surface area contributed by atoms with Crippen LogP contribution in [-0.2, 0) is 17.8 Å². The summed E-state index contributed by atoms with van der Waals surface area (Å²) in [6.45, 7) is 4.33. The molecule has 4 rings (SSSR count). The van der Waals surface area contributed by atoms with Gasteiger partial charge in [-0.1, -0.05) is 23.4 Å². The van der Waals surface area contributed by atoms with Crippen molar-refractivity contribution in [3.8, 4) is 11.5 Å². The van der Waals surface area contributed by atoms with Crippen LogP contribution in [0.4, 0.5) is 0 Å². The molecule has 0 spiro atoms. The van der Waals surface area contributed by atoms with Crippen molar-refractivity contribution in [3.05, 3.63) is 64.1 Å². The highest BCUT2D eigenvalue weighted by molar-refractivity contribution is 5.76. The smallest absolute Gasteiger partial charge is 0.338 e. The molecule has 1 aliphatic rings. The van der Waals surface area contributed by atoms with Gasteiger partial charge < -0.3 is 9.42 Å². The van der Waals surface area contributed by atoms with Crippen molar-refractivity contribution in [2.24, 2.45) is 0 Å². The Labute approximate surface area is 174 Å². The van der Waals surface area contributed by atoms with Crippen LogP contribution in [0, 0.1) is 13.8 Å². The molecule has 1 aromatic carbocycles. The molecule has 1 aliphatic heterocycles. The second-order valence-electron chi connectivity index (χ2n) is 7.71. The number of aromatic nitrogens is 4. The zero-order valence-electron chi connectivity index (χ0n) is 17.2. The molecule has 0 N–H and O–H groups in total. The molecule has 1 unspecified atom stereocenters. The third-order valence-corrected chi connectivity index (χ3v) is 5.53. The molecule has 1 fully saturated rings. The molecule has 8 nitrogen and oxygen atoms in total. The van der Waals surface area contributed by atoms with Crippen LogP contribution in [0.1, 0.15) is 36.5 Å². The molecule has 1 saturated heterocycles. The highest BCUT2D eigenvalue weighted by Gasteiger charge is 2.29. The van der Waals surface area contributed by atoms with Crippen molar-refractivity contribution < 1.29 is 9.32 Å². The lowest BCUT2D eigenvalue weighted by molar-refractivity contribution is -0.132. The third-order valence-electron chi connectivity index (χ3n) is 5.53. The number of rotatable bonds is 6. The predicted molar refractivity (Wildman–Crippen MR) is 111 cm³/mol. The number of benzene rings is 1. The number of amides is 1. The summed E-state index contributed by atoms with van der Waals surface area (Å²) in [7, 11) is 0. The van der Waals surface area contributed by atoms with Crippen LogP contribution in [-0.4, -0.2) is 43.1 Å². The van der Waals surface area contributed by atoms with Crippen LogP contribution in [0.25, 0.3) is 11.5 Å². The van der Waals surface area contributed by atoms with Crippen molar-refractivity contribution in [1.82, 2.24) is 24.6 Å². The molecule has 0 aliphatic carbocycles. The summed E-state index contributed by atoms with van der Waals surface area (Å²) >= 11 is 0. The molecule has 8 heteroatoms. The summed E-state index contributed by atoms with van der Waals surface area (Å²) in [4.78, 5) is 35.4. The third kappa shape index (κ3) is 4.32. The van der Waals surface area contributed by atoms with Crippen LogP contribution >= 0.6 is 0 Å². The van der Waals surface area contributed by atoms with Crippen LogP contribution < -0.4 is 5.69 Å². The fraction of sp³-hybridized carbons (Fsp3) is 0.409. The van der Waals surface area contributed by atoms with Gasteiger partial charge in [-0.25, -0.2) is 4.79 Å². The molecule has 0 bridgehead atoms. The van der Waals surface area contributed by atoms with Crippen molar-refractivity contribution in [2.45, 2.75) is 52.1 Å². The number of likely N-dealkylation sites (tertiary alicyclic amines) is 1. The maximum atomic E-state index is 12.9. The van der Waals surface area contributed by atoms with E-state index in [1.165, 1.54) is 4.57 Å². The van der Waals surface area contributed by atoms with Gasteiger partial charge in [0.1, 0.15) is 6.54 Å². The quantitative estimate of drug-likeness (QED) is 0.623. The van der Waals surface area contributed by atoms with Gasteiger partial charge in [0, 0.05) is 36.0 Å². The van der Waals surface area contributed by atoms with Crippen molar-refractivity contribution in [1.29, 1.82) is 0 Å². The summed E-state index contributed by atoms with van der Waals surface area (Å²) in [6, 6.07) is 11.6. The Morgan fingerprint density at radius 2 is 2.00 bits per heavy atom. The standard InChI is InChI=1S/C22H25N5O3/c1-15-13-16(2)27(22(29)23-15)14-20(28)26-12-6-9-18(26)10-11-19-24-21(30-25-19)17-7-4-3-5-8-17/h3-5,7-8,13,18H,6,9-12,14H2,1-2H3.